The largest absolute Gasteiger partial charge is 0.465 e. The zero-order chi connectivity index (χ0) is 21.0. The van der Waals surface area contributed by atoms with E-state index in [1.807, 2.05) is 0 Å². The Morgan fingerprint density at radius 1 is 1.03 bits per heavy atom. The van der Waals surface area contributed by atoms with E-state index in [0.29, 0.717) is 21.8 Å². The van der Waals surface area contributed by atoms with Crippen molar-refractivity contribution >= 4 is 40.9 Å². The molecule has 0 saturated carbocycles. The van der Waals surface area contributed by atoms with Gasteiger partial charge in [0.05, 0.1) is 18.6 Å². The predicted molar refractivity (Wildman–Crippen MR) is 105 cm³/mol. The molecule has 0 aromatic heterocycles. The molecule has 2 aromatic carbocycles. The summed E-state index contributed by atoms with van der Waals surface area (Å²) in [5.74, 6) is -2.33. The molecule has 8 heteroatoms. The lowest BCUT2D eigenvalue weighted by molar-refractivity contribution is -0.147. The summed E-state index contributed by atoms with van der Waals surface area (Å²) in [5.41, 5.74) is 1.31. The second-order valence-corrected chi connectivity index (χ2v) is 6.92. The monoisotopic (exact) mass is 415 g/mol. The summed E-state index contributed by atoms with van der Waals surface area (Å²) in [6.45, 7) is -0.261. The van der Waals surface area contributed by atoms with Crippen LogP contribution >= 0.6 is 11.6 Å². The third-order valence-corrected chi connectivity index (χ3v) is 4.82. The molecule has 0 spiro atoms. The third-order valence-electron chi connectivity index (χ3n) is 4.57. The Bertz CT molecular complexity index is 939. The van der Waals surface area contributed by atoms with Crippen LogP contribution in [0, 0.1) is 5.92 Å². The van der Waals surface area contributed by atoms with Gasteiger partial charge >= 0.3 is 11.9 Å². The van der Waals surface area contributed by atoms with Crippen molar-refractivity contribution in [2.75, 3.05) is 25.2 Å². The number of carbonyl (C=O) groups excluding carboxylic acids is 4. The highest BCUT2D eigenvalue weighted by molar-refractivity contribution is 6.30. The van der Waals surface area contributed by atoms with Crippen molar-refractivity contribution in [2.45, 2.75) is 6.42 Å². The highest BCUT2D eigenvalue weighted by Crippen LogP contribution is 2.26. The van der Waals surface area contributed by atoms with E-state index in [-0.39, 0.29) is 24.7 Å². The highest BCUT2D eigenvalue weighted by Gasteiger charge is 2.36. The molecule has 1 atom stereocenters. The Balaban J connectivity index is 1.57. The van der Waals surface area contributed by atoms with Crippen LogP contribution in [0.1, 0.15) is 27.1 Å². The van der Waals surface area contributed by atoms with Gasteiger partial charge in [-0.25, -0.2) is 4.79 Å². The number of ether oxygens (including phenoxy) is 2. The van der Waals surface area contributed by atoms with Crippen LogP contribution in [0.3, 0.4) is 0 Å². The lowest BCUT2D eigenvalue weighted by Crippen LogP contribution is -2.27. The lowest BCUT2D eigenvalue weighted by Gasteiger charge is -2.16. The maximum Gasteiger partial charge on any atom is 0.337 e. The van der Waals surface area contributed by atoms with E-state index in [0.717, 1.165) is 0 Å². The number of ketones is 1. The minimum atomic E-state index is -0.666. The van der Waals surface area contributed by atoms with Crippen molar-refractivity contribution in [3.05, 3.63) is 64.7 Å². The van der Waals surface area contributed by atoms with Gasteiger partial charge in [-0.3, -0.25) is 14.4 Å². The number of carbonyl (C=O) groups is 4. The molecule has 1 aliphatic heterocycles. The quantitative estimate of drug-likeness (QED) is 0.532. The van der Waals surface area contributed by atoms with Crippen LogP contribution in [0.2, 0.25) is 5.02 Å². The van der Waals surface area contributed by atoms with Gasteiger partial charge in [0.2, 0.25) is 5.91 Å². The SMILES string of the molecule is COC(=O)c1ccc(N2C[C@H](C(=O)OCC(=O)c3ccc(Cl)cc3)CC2=O)cc1. The summed E-state index contributed by atoms with van der Waals surface area (Å²) in [4.78, 5) is 49.7. The normalized spacial score (nSPS) is 15.9. The van der Waals surface area contributed by atoms with Gasteiger partial charge < -0.3 is 14.4 Å². The average molecular weight is 416 g/mol. The molecule has 1 aliphatic rings. The van der Waals surface area contributed by atoms with Gasteiger partial charge in [-0.15, -0.1) is 0 Å². The molecular formula is C21H18ClNO6. The Labute approximate surface area is 172 Å². The Hall–Kier alpha value is -3.19. The molecule has 1 amide bonds. The van der Waals surface area contributed by atoms with Crippen molar-refractivity contribution in [3.63, 3.8) is 0 Å². The van der Waals surface area contributed by atoms with Crippen molar-refractivity contribution in [1.29, 1.82) is 0 Å². The molecule has 150 valence electrons. The van der Waals surface area contributed by atoms with Gasteiger partial charge in [-0.2, -0.15) is 0 Å². The smallest absolute Gasteiger partial charge is 0.337 e. The molecule has 0 N–H and O–H groups in total. The number of anilines is 1. The van der Waals surface area contributed by atoms with E-state index in [4.69, 9.17) is 16.3 Å². The van der Waals surface area contributed by atoms with Gasteiger partial charge in [-0.1, -0.05) is 11.6 Å². The summed E-state index contributed by atoms with van der Waals surface area (Å²) in [6, 6.07) is 12.6. The molecule has 1 saturated heterocycles. The average Bonchev–Trinajstić information content (AvgIpc) is 3.13. The number of hydrogen-bond donors (Lipinski definition) is 0. The number of methoxy groups -OCH3 is 1. The van der Waals surface area contributed by atoms with E-state index >= 15 is 0 Å². The maximum absolute atomic E-state index is 12.3. The highest BCUT2D eigenvalue weighted by atomic mass is 35.5. The van der Waals surface area contributed by atoms with E-state index in [9.17, 15) is 19.2 Å². The Morgan fingerprint density at radius 3 is 2.28 bits per heavy atom. The summed E-state index contributed by atoms with van der Waals surface area (Å²) in [5, 5.41) is 0.503. The van der Waals surface area contributed by atoms with Crippen LogP contribution in [0.25, 0.3) is 0 Å². The number of Topliss-reactive ketones (excluding diaryl/α,β-unsaturated/α-hetero) is 1. The number of hydrogen-bond acceptors (Lipinski definition) is 6. The minimum absolute atomic E-state index is 0.00722. The zero-order valence-electron chi connectivity index (χ0n) is 15.6. The number of esters is 2. The molecular weight excluding hydrogens is 398 g/mol. The number of amides is 1. The molecule has 29 heavy (non-hydrogen) atoms. The lowest BCUT2D eigenvalue weighted by atomic mass is 10.1. The van der Waals surface area contributed by atoms with Gasteiger partial charge in [0, 0.05) is 29.2 Å². The number of nitrogens with zero attached hydrogens (tertiary/aromatic N) is 1. The standard InChI is InChI=1S/C21H18ClNO6/c1-28-20(26)14-4-8-17(9-5-14)23-11-15(10-19(23)25)21(27)29-12-18(24)13-2-6-16(22)7-3-13/h2-9,15H,10-12H2,1H3/t15-/m1/s1. The second kappa shape index (κ2) is 8.87. The molecule has 7 nitrogen and oxygen atoms in total. The molecule has 1 heterocycles. The number of benzene rings is 2. The van der Waals surface area contributed by atoms with E-state index < -0.39 is 24.5 Å². The first-order valence-electron chi connectivity index (χ1n) is 8.83. The van der Waals surface area contributed by atoms with Crippen molar-refractivity contribution in [2.24, 2.45) is 5.92 Å². The van der Waals surface area contributed by atoms with Crippen molar-refractivity contribution in [3.8, 4) is 0 Å². The van der Waals surface area contributed by atoms with Gasteiger partial charge in [-0.05, 0) is 48.5 Å². The first kappa shape index (κ1) is 20.5. The van der Waals surface area contributed by atoms with E-state index in [1.54, 1.807) is 48.5 Å². The van der Waals surface area contributed by atoms with Gasteiger partial charge in [0.25, 0.3) is 0 Å². The fourth-order valence-electron chi connectivity index (χ4n) is 2.98. The van der Waals surface area contributed by atoms with Crippen molar-refractivity contribution in [1.82, 2.24) is 0 Å². The zero-order valence-corrected chi connectivity index (χ0v) is 16.3. The van der Waals surface area contributed by atoms with Crippen LogP contribution in [0.4, 0.5) is 5.69 Å². The molecule has 2 aromatic rings. The molecule has 0 aliphatic carbocycles. The Kier molecular flexibility index (Phi) is 6.29. The summed E-state index contributed by atoms with van der Waals surface area (Å²) >= 11 is 5.78. The van der Waals surface area contributed by atoms with Crippen LogP contribution in [-0.2, 0) is 19.1 Å². The van der Waals surface area contributed by atoms with Crippen LogP contribution in [-0.4, -0.2) is 43.9 Å². The second-order valence-electron chi connectivity index (χ2n) is 6.48. The van der Waals surface area contributed by atoms with E-state index in [2.05, 4.69) is 4.74 Å². The summed E-state index contributed by atoms with van der Waals surface area (Å²) < 4.78 is 9.75. The number of rotatable bonds is 6. The van der Waals surface area contributed by atoms with E-state index in [1.165, 1.54) is 12.0 Å². The first-order chi connectivity index (χ1) is 13.9. The third kappa shape index (κ3) is 4.81. The van der Waals surface area contributed by atoms with Gasteiger partial charge in [0.15, 0.2) is 12.4 Å². The van der Waals surface area contributed by atoms with Crippen molar-refractivity contribution < 1.29 is 28.7 Å². The molecule has 0 radical (unpaired) electrons. The molecule has 1 fully saturated rings. The van der Waals surface area contributed by atoms with Crippen LogP contribution in [0.5, 0.6) is 0 Å². The molecule has 0 unspecified atom stereocenters. The predicted octanol–water partition coefficient (Wildman–Crippen LogP) is 2.91. The topological polar surface area (TPSA) is 90.0 Å². The summed E-state index contributed by atoms with van der Waals surface area (Å²) in [6.07, 6.45) is -0.00722. The fraction of sp³-hybridized carbons (Fsp3) is 0.238. The minimum Gasteiger partial charge on any atom is -0.465 e. The Morgan fingerprint density at radius 2 is 1.66 bits per heavy atom. The maximum atomic E-state index is 12.3. The van der Waals surface area contributed by atoms with Crippen LogP contribution < -0.4 is 4.90 Å². The summed E-state index contributed by atoms with van der Waals surface area (Å²) in [7, 11) is 1.29. The molecule has 0 bridgehead atoms. The number of halogens is 1. The van der Waals surface area contributed by atoms with Gasteiger partial charge in [0.1, 0.15) is 0 Å². The molecule has 3 rings (SSSR count). The fourth-order valence-corrected chi connectivity index (χ4v) is 3.11. The van der Waals surface area contributed by atoms with Crippen LogP contribution in [0.15, 0.2) is 48.5 Å². The first-order valence-corrected chi connectivity index (χ1v) is 9.21.